The summed E-state index contributed by atoms with van der Waals surface area (Å²) in [5, 5.41) is 5.59. The number of hydrogen-bond acceptors (Lipinski definition) is 1. The molecule has 2 nitrogen and oxygen atoms in total. The standard InChI is InChI=1S/C22H23NO/c1-3-21(18-10-5-4-6-11-18)22(24)23-16(2)19-14-13-17-9-7-8-12-20(17)15-19/h4-16,21H,3H2,1-2H3,(H,23,24). The molecule has 0 aliphatic rings. The van der Waals surface area contributed by atoms with E-state index in [0.29, 0.717) is 0 Å². The molecule has 122 valence electrons. The van der Waals surface area contributed by atoms with Crippen molar-refractivity contribution in [2.75, 3.05) is 0 Å². The van der Waals surface area contributed by atoms with Crippen LogP contribution in [0.15, 0.2) is 72.8 Å². The molecule has 1 amide bonds. The third-order valence-electron chi connectivity index (χ3n) is 4.56. The smallest absolute Gasteiger partial charge is 0.228 e. The topological polar surface area (TPSA) is 29.1 Å². The lowest BCUT2D eigenvalue weighted by atomic mass is 9.95. The van der Waals surface area contributed by atoms with E-state index in [1.54, 1.807) is 0 Å². The fourth-order valence-corrected chi connectivity index (χ4v) is 3.13. The Hall–Kier alpha value is -2.61. The van der Waals surface area contributed by atoms with Crippen molar-refractivity contribution < 1.29 is 4.79 Å². The molecule has 0 bridgehead atoms. The van der Waals surface area contributed by atoms with Gasteiger partial charge in [0.1, 0.15) is 0 Å². The molecule has 2 unspecified atom stereocenters. The zero-order chi connectivity index (χ0) is 16.9. The number of fused-ring (bicyclic) bond motifs is 1. The average molecular weight is 317 g/mol. The van der Waals surface area contributed by atoms with Gasteiger partial charge in [0.05, 0.1) is 12.0 Å². The summed E-state index contributed by atoms with van der Waals surface area (Å²) >= 11 is 0. The number of rotatable bonds is 5. The summed E-state index contributed by atoms with van der Waals surface area (Å²) in [7, 11) is 0. The molecule has 0 fully saturated rings. The van der Waals surface area contributed by atoms with Crippen LogP contribution in [0.3, 0.4) is 0 Å². The number of amides is 1. The molecule has 0 saturated carbocycles. The van der Waals surface area contributed by atoms with Gasteiger partial charge < -0.3 is 5.32 Å². The van der Waals surface area contributed by atoms with Crippen LogP contribution >= 0.6 is 0 Å². The van der Waals surface area contributed by atoms with Crippen molar-refractivity contribution in [2.45, 2.75) is 32.2 Å². The highest BCUT2D eigenvalue weighted by Crippen LogP contribution is 2.23. The normalized spacial score (nSPS) is 13.4. The minimum Gasteiger partial charge on any atom is -0.349 e. The van der Waals surface area contributed by atoms with Gasteiger partial charge in [-0.2, -0.15) is 0 Å². The van der Waals surface area contributed by atoms with Crippen LogP contribution in [0.25, 0.3) is 10.8 Å². The van der Waals surface area contributed by atoms with Crippen molar-refractivity contribution in [1.82, 2.24) is 5.32 Å². The van der Waals surface area contributed by atoms with Gasteiger partial charge in [-0.05, 0) is 41.3 Å². The highest BCUT2D eigenvalue weighted by Gasteiger charge is 2.20. The minimum atomic E-state index is -0.103. The quantitative estimate of drug-likeness (QED) is 0.687. The van der Waals surface area contributed by atoms with Gasteiger partial charge in [-0.15, -0.1) is 0 Å². The predicted octanol–water partition coefficient (Wildman–Crippen LogP) is 5.21. The fourth-order valence-electron chi connectivity index (χ4n) is 3.13. The Kier molecular flexibility index (Phi) is 4.95. The first-order chi connectivity index (χ1) is 11.7. The van der Waals surface area contributed by atoms with Gasteiger partial charge in [0.15, 0.2) is 0 Å². The van der Waals surface area contributed by atoms with Gasteiger partial charge in [0.25, 0.3) is 0 Å². The average Bonchev–Trinajstić information content (AvgIpc) is 2.62. The van der Waals surface area contributed by atoms with Crippen molar-refractivity contribution in [3.63, 3.8) is 0 Å². The van der Waals surface area contributed by atoms with Crippen molar-refractivity contribution in [3.8, 4) is 0 Å². The van der Waals surface area contributed by atoms with E-state index in [1.165, 1.54) is 10.8 Å². The molecular weight excluding hydrogens is 294 g/mol. The van der Waals surface area contributed by atoms with Crippen molar-refractivity contribution >= 4 is 16.7 Å². The molecule has 1 N–H and O–H groups in total. The van der Waals surface area contributed by atoms with Gasteiger partial charge in [-0.25, -0.2) is 0 Å². The molecule has 0 aliphatic heterocycles. The highest BCUT2D eigenvalue weighted by molar-refractivity contribution is 5.85. The maximum Gasteiger partial charge on any atom is 0.228 e. The fraction of sp³-hybridized carbons (Fsp3) is 0.227. The summed E-state index contributed by atoms with van der Waals surface area (Å²) in [5.41, 5.74) is 2.20. The molecular formula is C22H23NO. The zero-order valence-corrected chi connectivity index (χ0v) is 14.2. The van der Waals surface area contributed by atoms with Crippen LogP contribution < -0.4 is 5.32 Å². The third-order valence-corrected chi connectivity index (χ3v) is 4.56. The molecule has 0 spiro atoms. The first-order valence-corrected chi connectivity index (χ1v) is 8.53. The highest BCUT2D eigenvalue weighted by atomic mass is 16.1. The molecule has 0 saturated heterocycles. The lowest BCUT2D eigenvalue weighted by Gasteiger charge is -2.20. The Labute approximate surface area is 143 Å². The lowest BCUT2D eigenvalue weighted by molar-refractivity contribution is -0.123. The largest absolute Gasteiger partial charge is 0.349 e. The second-order valence-electron chi connectivity index (χ2n) is 6.21. The van der Waals surface area contributed by atoms with E-state index in [1.807, 2.05) is 49.4 Å². The van der Waals surface area contributed by atoms with Crippen molar-refractivity contribution in [3.05, 3.63) is 83.9 Å². The van der Waals surface area contributed by atoms with Crippen LogP contribution in [0.5, 0.6) is 0 Å². The van der Waals surface area contributed by atoms with E-state index >= 15 is 0 Å². The second-order valence-corrected chi connectivity index (χ2v) is 6.21. The summed E-state index contributed by atoms with van der Waals surface area (Å²) in [4.78, 5) is 12.7. The number of nitrogens with one attached hydrogen (secondary N) is 1. The minimum absolute atomic E-state index is 0.0140. The molecule has 0 radical (unpaired) electrons. The summed E-state index contributed by atoms with van der Waals surface area (Å²) < 4.78 is 0. The molecule has 24 heavy (non-hydrogen) atoms. The Bertz CT molecular complexity index is 826. The molecule has 2 heteroatoms. The van der Waals surface area contributed by atoms with E-state index in [-0.39, 0.29) is 17.9 Å². The molecule has 3 rings (SSSR count). The summed E-state index contributed by atoms with van der Waals surface area (Å²) in [6.07, 6.45) is 0.792. The number of carbonyl (C=O) groups is 1. The molecule has 2 atom stereocenters. The van der Waals surface area contributed by atoms with Gasteiger partial charge >= 0.3 is 0 Å². The van der Waals surface area contributed by atoms with Crippen molar-refractivity contribution in [1.29, 1.82) is 0 Å². The zero-order valence-electron chi connectivity index (χ0n) is 14.2. The van der Waals surface area contributed by atoms with Gasteiger partial charge in [0, 0.05) is 0 Å². The Morgan fingerprint density at radius 1 is 0.875 bits per heavy atom. The van der Waals surface area contributed by atoms with Crippen LogP contribution in [0, 0.1) is 0 Å². The molecule has 3 aromatic rings. The van der Waals surface area contributed by atoms with E-state index in [4.69, 9.17) is 0 Å². The second kappa shape index (κ2) is 7.31. The van der Waals surface area contributed by atoms with E-state index in [0.717, 1.165) is 17.5 Å². The summed E-state index contributed by atoms with van der Waals surface area (Å²) in [6.45, 7) is 4.09. The van der Waals surface area contributed by atoms with Crippen LogP contribution in [0.1, 0.15) is 43.4 Å². The van der Waals surface area contributed by atoms with Crippen LogP contribution in [0.4, 0.5) is 0 Å². The summed E-state index contributed by atoms with van der Waals surface area (Å²) in [5.74, 6) is -0.0153. The SMILES string of the molecule is CCC(C(=O)NC(C)c1ccc2ccccc2c1)c1ccccc1. The summed E-state index contributed by atoms with van der Waals surface area (Å²) in [6, 6.07) is 24.6. The van der Waals surface area contributed by atoms with Crippen LogP contribution in [-0.2, 0) is 4.79 Å². The Balaban J connectivity index is 1.77. The Morgan fingerprint density at radius 2 is 1.54 bits per heavy atom. The lowest BCUT2D eigenvalue weighted by Crippen LogP contribution is -2.31. The van der Waals surface area contributed by atoms with Crippen LogP contribution in [0.2, 0.25) is 0 Å². The Morgan fingerprint density at radius 3 is 2.25 bits per heavy atom. The van der Waals surface area contributed by atoms with E-state index in [2.05, 4.69) is 42.6 Å². The third kappa shape index (κ3) is 3.48. The number of benzene rings is 3. The maximum absolute atomic E-state index is 12.7. The molecule has 0 aliphatic carbocycles. The maximum atomic E-state index is 12.7. The van der Waals surface area contributed by atoms with E-state index in [9.17, 15) is 4.79 Å². The van der Waals surface area contributed by atoms with Crippen LogP contribution in [-0.4, -0.2) is 5.91 Å². The van der Waals surface area contributed by atoms with Gasteiger partial charge in [-0.3, -0.25) is 4.79 Å². The molecule has 0 aromatic heterocycles. The molecule has 3 aromatic carbocycles. The first-order valence-electron chi connectivity index (χ1n) is 8.53. The van der Waals surface area contributed by atoms with E-state index < -0.39 is 0 Å². The molecule has 0 heterocycles. The monoisotopic (exact) mass is 317 g/mol. The van der Waals surface area contributed by atoms with Crippen molar-refractivity contribution in [2.24, 2.45) is 0 Å². The number of carbonyl (C=O) groups excluding carboxylic acids is 1. The van der Waals surface area contributed by atoms with Gasteiger partial charge in [0.2, 0.25) is 5.91 Å². The number of hydrogen-bond donors (Lipinski definition) is 1. The first kappa shape index (κ1) is 16.3. The predicted molar refractivity (Wildman–Crippen MR) is 100.0 cm³/mol. The van der Waals surface area contributed by atoms with Gasteiger partial charge in [-0.1, -0.05) is 73.7 Å².